The van der Waals surface area contributed by atoms with Crippen molar-refractivity contribution in [2.24, 2.45) is 4.99 Å². The number of thiazole rings is 1. The average Bonchev–Trinajstić information content (AvgIpc) is 3.27. The fourth-order valence-electron chi connectivity index (χ4n) is 2.94. The zero-order valence-electron chi connectivity index (χ0n) is 17.4. The molecule has 1 N–H and O–H groups in total. The van der Waals surface area contributed by atoms with Crippen molar-refractivity contribution in [1.29, 1.82) is 0 Å². The van der Waals surface area contributed by atoms with Gasteiger partial charge in [-0.1, -0.05) is 45.2 Å². The minimum atomic E-state index is -1.10. The Balaban J connectivity index is 2.02. The highest BCUT2D eigenvalue weighted by Gasteiger charge is 2.35. The molecule has 3 rings (SSSR count). The SMILES string of the molecule is CC(C)OC(=O)[C@@H](C)OC(=O)C1=C(CBr)NC(c2nccs2)=N[C@H]1c1ccc(Cl)cc1Cl. The number of esters is 2. The molecule has 0 fully saturated rings. The molecule has 0 saturated heterocycles. The van der Waals surface area contributed by atoms with E-state index in [0.717, 1.165) is 0 Å². The van der Waals surface area contributed by atoms with Gasteiger partial charge in [-0.05, 0) is 32.9 Å². The van der Waals surface area contributed by atoms with Crippen LogP contribution in [0.15, 0.2) is 46.0 Å². The standard InChI is InChI=1S/C21H20BrCl2N3O4S/c1-10(2)30-20(28)11(3)31-21(29)16-15(9-22)26-18(19-25-6-7-32-19)27-17(16)13-5-4-12(23)8-14(13)24/h4-8,10-11,17H,9H2,1-3H3,(H,26,27)/t11-,17+/m1/s1. The van der Waals surface area contributed by atoms with Gasteiger partial charge in [0, 0.05) is 38.2 Å². The van der Waals surface area contributed by atoms with Crippen LogP contribution >= 0.6 is 50.5 Å². The maximum atomic E-state index is 13.2. The maximum absolute atomic E-state index is 13.2. The van der Waals surface area contributed by atoms with Crippen molar-refractivity contribution in [2.45, 2.75) is 39.0 Å². The summed E-state index contributed by atoms with van der Waals surface area (Å²) in [4.78, 5) is 34.4. The molecule has 32 heavy (non-hydrogen) atoms. The van der Waals surface area contributed by atoms with Gasteiger partial charge in [0.2, 0.25) is 0 Å². The molecule has 2 aromatic rings. The van der Waals surface area contributed by atoms with Crippen molar-refractivity contribution in [3.8, 4) is 0 Å². The van der Waals surface area contributed by atoms with Crippen LogP contribution in [0.2, 0.25) is 10.0 Å². The molecule has 0 aliphatic carbocycles. The number of allylic oxidation sites excluding steroid dienone is 1. The minimum Gasteiger partial charge on any atom is -0.460 e. The molecule has 1 aromatic carbocycles. The fraction of sp³-hybridized carbons (Fsp3) is 0.333. The van der Waals surface area contributed by atoms with Crippen molar-refractivity contribution < 1.29 is 19.1 Å². The lowest BCUT2D eigenvalue weighted by atomic mass is 9.96. The molecule has 0 spiro atoms. The predicted octanol–water partition coefficient (Wildman–Crippen LogP) is 5.07. The van der Waals surface area contributed by atoms with Gasteiger partial charge in [-0.2, -0.15) is 0 Å². The van der Waals surface area contributed by atoms with E-state index in [1.807, 2.05) is 5.38 Å². The van der Waals surface area contributed by atoms with E-state index in [2.05, 4.69) is 26.2 Å². The highest BCUT2D eigenvalue weighted by Crippen LogP contribution is 2.37. The molecule has 1 aliphatic rings. The van der Waals surface area contributed by atoms with Gasteiger partial charge < -0.3 is 14.8 Å². The van der Waals surface area contributed by atoms with E-state index < -0.39 is 24.1 Å². The summed E-state index contributed by atoms with van der Waals surface area (Å²) < 4.78 is 10.6. The van der Waals surface area contributed by atoms with E-state index in [-0.39, 0.29) is 11.7 Å². The molecule has 170 valence electrons. The molecule has 0 amide bonds. The normalized spacial score (nSPS) is 17.0. The number of nitrogens with zero attached hydrogens (tertiary/aromatic N) is 2. The maximum Gasteiger partial charge on any atom is 0.347 e. The average molecular weight is 561 g/mol. The Morgan fingerprint density at radius 2 is 2.00 bits per heavy atom. The van der Waals surface area contributed by atoms with E-state index in [9.17, 15) is 9.59 Å². The van der Waals surface area contributed by atoms with E-state index in [0.29, 0.717) is 37.5 Å². The Hall–Kier alpha value is -1.94. The number of alkyl halides is 1. The van der Waals surface area contributed by atoms with Crippen LogP contribution in [0, 0.1) is 0 Å². The molecule has 11 heteroatoms. The zero-order chi connectivity index (χ0) is 23.4. The molecule has 2 heterocycles. The molecular weight excluding hydrogens is 541 g/mol. The first kappa shape index (κ1) is 24.7. The zero-order valence-corrected chi connectivity index (χ0v) is 21.3. The second-order valence-electron chi connectivity index (χ2n) is 7.07. The van der Waals surface area contributed by atoms with Crippen molar-refractivity contribution in [3.05, 3.63) is 61.7 Å². The number of aromatic nitrogens is 1. The third kappa shape index (κ3) is 5.70. The van der Waals surface area contributed by atoms with Gasteiger partial charge in [0.1, 0.15) is 6.04 Å². The summed E-state index contributed by atoms with van der Waals surface area (Å²) in [5.74, 6) is -0.849. The molecule has 0 unspecified atom stereocenters. The number of benzene rings is 1. The summed E-state index contributed by atoms with van der Waals surface area (Å²) >= 11 is 17.3. The van der Waals surface area contributed by atoms with Crippen LogP contribution < -0.4 is 5.32 Å². The Kier molecular flexibility index (Phi) is 8.32. The van der Waals surface area contributed by atoms with Gasteiger partial charge in [0.15, 0.2) is 16.9 Å². The number of carbonyl (C=O) groups is 2. The van der Waals surface area contributed by atoms with E-state index in [1.165, 1.54) is 18.3 Å². The largest absolute Gasteiger partial charge is 0.460 e. The molecule has 0 bridgehead atoms. The van der Waals surface area contributed by atoms with Crippen LogP contribution in [0.4, 0.5) is 0 Å². The highest BCUT2D eigenvalue weighted by molar-refractivity contribution is 9.09. The highest BCUT2D eigenvalue weighted by atomic mass is 79.9. The van der Waals surface area contributed by atoms with E-state index in [4.69, 9.17) is 37.7 Å². The molecule has 1 aromatic heterocycles. The molecule has 2 atom stereocenters. The number of amidine groups is 1. The number of hydrogen-bond acceptors (Lipinski definition) is 8. The quantitative estimate of drug-likeness (QED) is 0.375. The third-order valence-corrected chi connectivity index (χ3v) is 6.24. The number of ether oxygens (including phenoxy) is 2. The van der Waals surface area contributed by atoms with Crippen LogP contribution in [0.5, 0.6) is 0 Å². The summed E-state index contributed by atoms with van der Waals surface area (Å²) in [5.41, 5.74) is 1.31. The number of aliphatic imine (C=N–C) groups is 1. The third-order valence-electron chi connectivity index (χ3n) is 4.34. The second kappa shape index (κ2) is 10.8. The number of halogens is 3. The molecule has 1 aliphatic heterocycles. The van der Waals surface area contributed by atoms with Gasteiger partial charge in [0.25, 0.3) is 0 Å². The Labute approximate surface area is 208 Å². The summed E-state index contributed by atoms with van der Waals surface area (Å²) in [6.07, 6.45) is 0.237. The lowest BCUT2D eigenvalue weighted by molar-refractivity contribution is -0.167. The first-order valence-electron chi connectivity index (χ1n) is 9.61. The van der Waals surface area contributed by atoms with Gasteiger partial charge in [0.05, 0.1) is 11.7 Å². The first-order valence-corrected chi connectivity index (χ1v) is 12.4. The number of carbonyl (C=O) groups excluding carboxylic acids is 2. The molecular formula is C21H20BrCl2N3O4S. The number of rotatable bonds is 7. The lowest BCUT2D eigenvalue weighted by Gasteiger charge is -2.27. The summed E-state index contributed by atoms with van der Waals surface area (Å²) in [7, 11) is 0. The summed E-state index contributed by atoms with van der Waals surface area (Å²) in [5, 5.41) is 6.73. The van der Waals surface area contributed by atoms with Gasteiger partial charge in [-0.15, -0.1) is 11.3 Å². The predicted molar refractivity (Wildman–Crippen MR) is 129 cm³/mol. The van der Waals surface area contributed by atoms with Crippen molar-refractivity contribution >= 4 is 68.2 Å². The molecule has 0 radical (unpaired) electrons. The van der Waals surface area contributed by atoms with Crippen LogP contribution in [0.3, 0.4) is 0 Å². The summed E-state index contributed by atoms with van der Waals surface area (Å²) in [6, 6.07) is 4.16. The Morgan fingerprint density at radius 3 is 2.59 bits per heavy atom. The van der Waals surface area contributed by atoms with Crippen LogP contribution in [0.1, 0.15) is 37.4 Å². The minimum absolute atomic E-state index is 0.218. The molecule has 0 saturated carbocycles. The van der Waals surface area contributed by atoms with Crippen LogP contribution in [0.25, 0.3) is 0 Å². The second-order valence-corrected chi connectivity index (χ2v) is 9.37. The van der Waals surface area contributed by atoms with Crippen molar-refractivity contribution in [3.63, 3.8) is 0 Å². The molecule has 7 nitrogen and oxygen atoms in total. The topological polar surface area (TPSA) is 89.9 Å². The monoisotopic (exact) mass is 559 g/mol. The number of hydrogen-bond donors (Lipinski definition) is 1. The van der Waals surface area contributed by atoms with E-state index in [1.54, 1.807) is 38.2 Å². The van der Waals surface area contributed by atoms with Gasteiger partial charge in [-0.25, -0.2) is 14.6 Å². The van der Waals surface area contributed by atoms with Crippen LogP contribution in [-0.4, -0.2) is 40.3 Å². The Bertz CT molecular complexity index is 1070. The fourth-order valence-corrected chi connectivity index (χ4v) is 4.48. The van der Waals surface area contributed by atoms with Crippen molar-refractivity contribution in [2.75, 3.05) is 5.33 Å². The van der Waals surface area contributed by atoms with Crippen molar-refractivity contribution in [1.82, 2.24) is 10.3 Å². The smallest absolute Gasteiger partial charge is 0.347 e. The Morgan fingerprint density at radius 1 is 1.25 bits per heavy atom. The van der Waals surface area contributed by atoms with E-state index >= 15 is 0 Å². The summed E-state index contributed by atoms with van der Waals surface area (Å²) in [6.45, 7) is 4.90. The first-order chi connectivity index (χ1) is 15.2. The van der Waals surface area contributed by atoms with Gasteiger partial charge in [-0.3, -0.25) is 4.99 Å². The number of nitrogens with one attached hydrogen (secondary N) is 1. The van der Waals surface area contributed by atoms with Gasteiger partial charge >= 0.3 is 11.9 Å². The van der Waals surface area contributed by atoms with Crippen LogP contribution in [-0.2, 0) is 19.1 Å². The lowest BCUT2D eigenvalue weighted by Crippen LogP contribution is -2.36.